The first-order valence-corrected chi connectivity index (χ1v) is 10.2. The van der Waals surface area contributed by atoms with Gasteiger partial charge >= 0.3 is 6.18 Å². The van der Waals surface area contributed by atoms with Gasteiger partial charge < -0.3 is 10.2 Å². The third-order valence-corrected chi connectivity index (χ3v) is 5.96. The minimum Gasteiger partial charge on any atom is -0.368 e. The molecule has 5 nitrogen and oxygen atoms in total. The lowest BCUT2D eigenvalue weighted by molar-refractivity contribution is -0.173. The summed E-state index contributed by atoms with van der Waals surface area (Å²) >= 11 is 0. The van der Waals surface area contributed by atoms with Crippen molar-refractivity contribution in [1.29, 1.82) is 0 Å². The quantitative estimate of drug-likeness (QED) is 0.749. The van der Waals surface area contributed by atoms with Crippen LogP contribution in [0.2, 0.25) is 0 Å². The number of amides is 1. The fourth-order valence-corrected chi connectivity index (χ4v) is 4.32. The molecular formula is C21H24F4N4O. The summed E-state index contributed by atoms with van der Waals surface area (Å²) < 4.78 is 55.1. The van der Waals surface area contributed by atoms with E-state index in [9.17, 15) is 22.4 Å². The molecule has 2 aliphatic heterocycles. The van der Waals surface area contributed by atoms with Crippen molar-refractivity contribution in [2.24, 2.45) is 0 Å². The number of likely N-dealkylation sites (tertiary alicyclic amines) is 1. The summed E-state index contributed by atoms with van der Waals surface area (Å²) in [6, 6.07) is 6.00. The van der Waals surface area contributed by atoms with Crippen LogP contribution in [0.15, 0.2) is 30.3 Å². The van der Waals surface area contributed by atoms with Crippen LogP contribution in [0.5, 0.6) is 0 Å². The molecule has 3 heterocycles. The van der Waals surface area contributed by atoms with E-state index in [4.69, 9.17) is 0 Å². The number of benzene rings is 1. The number of hydrogen-bond acceptors (Lipinski definition) is 3. The molecule has 30 heavy (non-hydrogen) atoms. The second-order valence-electron chi connectivity index (χ2n) is 8.16. The molecule has 0 unspecified atom stereocenters. The summed E-state index contributed by atoms with van der Waals surface area (Å²) in [5.74, 6) is -0.156. The maximum atomic E-state index is 13.8. The van der Waals surface area contributed by atoms with Gasteiger partial charge in [-0.05, 0) is 37.8 Å². The van der Waals surface area contributed by atoms with Gasteiger partial charge in [0, 0.05) is 31.1 Å². The maximum absolute atomic E-state index is 13.8. The zero-order valence-electron chi connectivity index (χ0n) is 16.6. The first-order valence-electron chi connectivity index (χ1n) is 10.2. The minimum atomic E-state index is -4.35. The Balaban J connectivity index is 1.41. The van der Waals surface area contributed by atoms with Crippen molar-refractivity contribution in [3.63, 3.8) is 0 Å². The first-order chi connectivity index (χ1) is 14.2. The van der Waals surface area contributed by atoms with E-state index in [0.29, 0.717) is 43.0 Å². The van der Waals surface area contributed by atoms with E-state index in [1.807, 2.05) is 0 Å². The van der Waals surface area contributed by atoms with Gasteiger partial charge in [0.05, 0.1) is 12.1 Å². The van der Waals surface area contributed by atoms with Gasteiger partial charge in [-0.15, -0.1) is 0 Å². The predicted molar refractivity (Wildman–Crippen MR) is 104 cm³/mol. The van der Waals surface area contributed by atoms with Crippen molar-refractivity contribution in [1.82, 2.24) is 14.7 Å². The van der Waals surface area contributed by atoms with Crippen LogP contribution in [-0.4, -0.2) is 45.9 Å². The Morgan fingerprint density at radius 3 is 2.60 bits per heavy atom. The molecule has 9 heteroatoms. The highest BCUT2D eigenvalue weighted by molar-refractivity contribution is 5.79. The normalized spacial score (nSPS) is 22.5. The molecule has 1 saturated heterocycles. The van der Waals surface area contributed by atoms with Crippen LogP contribution in [0.1, 0.15) is 49.4 Å². The number of carbonyl (C=O) groups is 1. The highest BCUT2D eigenvalue weighted by Gasteiger charge is 2.45. The van der Waals surface area contributed by atoms with Crippen molar-refractivity contribution < 1.29 is 22.4 Å². The SMILES string of the molecule is C[C@@H]1C[C@H](C(F)(F)F)n2nc(C3CCN(C(=O)Cc4ccccc4F)CC3)cc2N1. The molecule has 0 saturated carbocycles. The molecule has 2 atom stereocenters. The van der Waals surface area contributed by atoms with E-state index in [-0.39, 0.29) is 30.7 Å². The molecule has 1 fully saturated rings. The number of anilines is 1. The first kappa shape index (κ1) is 20.7. The molecule has 0 aliphatic carbocycles. The number of aromatic nitrogens is 2. The number of piperidine rings is 1. The Morgan fingerprint density at radius 2 is 1.93 bits per heavy atom. The smallest absolute Gasteiger partial charge is 0.368 e. The molecule has 0 spiro atoms. The van der Waals surface area contributed by atoms with Crippen LogP contribution >= 0.6 is 0 Å². The van der Waals surface area contributed by atoms with Gasteiger partial charge in [-0.1, -0.05) is 18.2 Å². The van der Waals surface area contributed by atoms with Gasteiger partial charge in [-0.3, -0.25) is 4.79 Å². The van der Waals surface area contributed by atoms with Crippen LogP contribution in [0, 0.1) is 5.82 Å². The number of alkyl halides is 3. The molecule has 1 N–H and O–H groups in total. The van der Waals surface area contributed by atoms with E-state index < -0.39 is 18.0 Å². The predicted octanol–water partition coefficient (Wildman–Crippen LogP) is 4.28. The van der Waals surface area contributed by atoms with Gasteiger partial charge in [0.25, 0.3) is 0 Å². The molecule has 2 aliphatic rings. The molecule has 2 aromatic rings. The van der Waals surface area contributed by atoms with Gasteiger partial charge in [-0.2, -0.15) is 18.3 Å². The van der Waals surface area contributed by atoms with Gasteiger partial charge in [0.1, 0.15) is 11.6 Å². The summed E-state index contributed by atoms with van der Waals surface area (Å²) in [7, 11) is 0. The molecule has 0 bridgehead atoms. The maximum Gasteiger partial charge on any atom is 0.410 e. The van der Waals surface area contributed by atoms with Crippen molar-refractivity contribution in [3.05, 3.63) is 47.4 Å². The van der Waals surface area contributed by atoms with Crippen LogP contribution < -0.4 is 5.32 Å². The zero-order valence-corrected chi connectivity index (χ0v) is 16.6. The minimum absolute atomic E-state index is 0.00515. The topological polar surface area (TPSA) is 50.2 Å². The Hall–Kier alpha value is -2.58. The second kappa shape index (κ2) is 7.92. The van der Waals surface area contributed by atoms with Gasteiger partial charge in [-0.25, -0.2) is 9.07 Å². The summed E-state index contributed by atoms with van der Waals surface area (Å²) in [6.07, 6.45) is -3.17. The van der Waals surface area contributed by atoms with E-state index in [1.165, 1.54) is 6.07 Å². The number of hydrogen-bond donors (Lipinski definition) is 1. The summed E-state index contributed by atoms with van der Waals surface area (Å²) in [5, 5.41) is 7.37. The lowest BCUT2D eigenvalue weighted by atomic mass is 9.93. The molecular weight excluding hydrogens is 400 g/mol. The van der Waals surface area contributed by atoms with Gasteiger partial charge in [0.15, 0.2) is 6.04 Å². The number of rotatable bonds is 3. The average molecular weight is 424 g/mol. The van der Waals surface area contributed by atoms with Crippen molar-refractivity contribution in [2.75, 3.05) is 18.4 Å². The Morgan fingerprint density at radius 1 is 1.23 bits per heavy atom. The molecule has 0 radical (unpaired) electrons. The molecule has 4 rings (SSSR count). The Bertz CT molecular complexity index is 918. The number of nitrogens with one attached hydrogen (secondary N) is 1. The van der Waals surface area contributed by atoms with Crippen LogP contribution in [0.3, 0.4) is 0 Å². The van der Waals surface area contributed by atoms with E-state index in [1.54, 1.807) is 36.1 Å². The molecule has 1 aromatic carbocycles. The third kappa shape index (κ3) is 4.15. The molecule has 162 valence electrons. The van der Waals surface area contributed by atoms with Crippen molar-refractivity contribution in [3.8, 4) is 0 Å². The van der Waals surface area contributed by atoms with E-state index in [0.717, 1.165) is 4.68 Å². The Labute approximate surface area is 172 Å². The number of halogens is 4. The highest BCUT2D eigenvalue weighted by Crippen LogP contribution is 2.40. The average Bonchev–Trinajstić information content (AvgIpc) is 3.12. The number of carbonyl (C=O) groups excluding carboxylic acids is 1. The molecule has 1 amide bonds. The summed E-state index contributed by atoms with van der Waals surface area (Å²) in [4.78, 5) is 14.2. The highest BCUT2D eigenvalue weighted by atomic mass is 19.4. The fourth-order valence-electron chi connectivity index (χ4n) is 4.32. The van der Waals surface area contributed by atoms with E-state index >= 15 is 0 Å². The zero-order chi connectivity index (χ0) is 21.5. The van der Waals surface area contributed by atoms with Crippen LogP contribution in [-0.2, 0) is 11.2 Å². The van der Waals surface area contributed by atoms with Crippen LogP contribution in [0.4, 0.5) is 23.4 Å². The summed E-state index contributed by atoms with van der Waals surface area (Å²) in [5.41, 5.74) is 0.992. The van der Waals surface area contributed by atoms with Crippen molar-refractivity contribution >= 4 is 11.7 Å². The molecule has 1 aromatic heterocycles. The van der Waals surface area contributed by atoms with Crippen LogP contribution in [0.25, 0.3) is 0 Å². The Kier molecular flexibility index (Phi) is 5.46. The summed E-state index contributed by atoms with van der Waals surface area (Å²) in [6.45, 7) is 2.69. The number of fused-ring (bicyclic) bond motifs is 1. The largest absolute Gasteiger partial charge is 0.410 e. The second-order valence-corrected chi connectivity index (χ2v) is 8.16. The lowest BCUT2D eigenvalue weighted by Gasteiger charge is -2.32. The van der Waals surface area contributed by atoms with Crippen molar-refractivity contribution in [2.45, 2.75) is 56.8 Å². The lowest BCUT2D eigenvalue weighted by Crippen LogP contribution is -2.39. The van der Waals surface area contributed by atoms with Gasteiger partial charge in [0.2, 0.25) is 5.91 Å². The fraction of sp³-hybridized carbons (Fsp3) is 0.524. The van der Waals surface area contributed by atoms with E-state index in [2.05, 4.69) is 10.4 Å². The standard InChI is InChI=1S/C21H24F4N4O/c1-13-10-18(21(23,24)25)29-19(26-13)12-17(27-29)14-6-8-28(9-7-14)20(30)11-15-4-2-3-5-16(15)22/h2-5,12-14,18,26H,6-11H2,1H3/t13-,18-/m1/s1. The monoisotopic (exact) mass is 424 g/mol. The number of nitrogens with zero attached hydrogens (tertiary/aromatic N) is 3. The third-order valence-electron chi connectivity index (χ3n) is 5.96.